The van der Waals surface area contributed by atoms with Crippen LogP contribution >= 0.6 is 0 Å². The van der Waals surface area contributed by atoms with Crippen LogP contribution in [0.15, 0.2) is 24.3 Å². The molecule has 0 aromatic heterocycles. The van der Waals surface area contributed by atoms with Crippen LogP contribution in [0.25, 0.3) is 0 Å². The number of ether oxygens (including phenoxy) is 1. The normalized spacial score (nSPS) is 24.2. The highest BCUT2D eigenvalue weighted by Gasteiger charge is 2.26. The van der Waals surface area contributed by atoms with Crippen molar-refractivity contribution in [3.8, 4) is 0 Å². The molecule has 18 heavy (non-hydrogen) atoms. The van der Waals surface area contributed by atoms with Gasteiger partial charge >= 0.3 is 6.09 Å². The molecule has 1 N–H and O–H groups in total. The van der Waals surface area contributed by atoms with Crippen molar-refractivity contribution < 1.29 is 14.3 Å². The van der Waals surface area contributed by atoms with Gasteiger partial charge in [0.05, 0.1) is 0 Å². The van der Waals surface area contributed by atoms with Crippen molar-refractivity contribution in [1.82, 2.24) is 5.32 Å². The second-order valence-electron chi connectivity index (χ2n) is 4.66. The van der Waals surface area contributed by atoms with Crippen LogP contribution in [0.1, 0.15) is 32.6 Å². The predicted molar refractivity (Wildman–Crippen MR) is 70.2 cm³/mol. The molecule has 1 aliphatic rings. The number of carbonyl (C=O) groups is 2. The Morgan fingerprint density at radius 3 is 2.83 bits per heavy atom. The van der Waals surface area contributed by atoms with Gasteiger partial charge in [-0.3, -0.25) is 0 Å². The number of aldehydes is 1. The van der Waals surface area contributed by atoms with E-state index in [1.54, 1.807) is 12.2 Å². The minimum absolute atomic E-state index is 0.0730. The van der Waals surface area contributed by atoms with Crippen LogP contribution in [-0.4, -0.2) is 25.0 Å². The van der Waals surface area contributed by atoms with Gasteiger partial charge in [0, 0.05) is 12.0 Å². The Hall–Kier alpha value is -1.58. The number of hydrogen-bond donors (Lipinski definition) is 1. The van der Waals surface area contributed by atoms with Crippen molar-refractivity contribution in [2.45, 2.75) is 38.6 Å². The molecule has 2 atom stereocenters. The summed E-state index contributed by atoms with van der Waals surface area (Å²) in [6.45, 7) is 5.68. The Morgan fingerprint density at radius 2 is 2.17 bits per heavy atom. The summed E-state index contributed by atoms with van der Waals surface area (Å²) in [4.78, 5) is 22.5. The number of allylic oxidation sites excluding steroid dienone is 2. The van der Waals surface area contributed by atoms with Crippen LogP contribution in [0.3, 0.4) is 0 Å². The van der Waals surface area contributed by atoms with E-state index in [9.17, 15) is 9.59 Å². The molecule has 0 bridgehead atoms. The minimum Gasteiger partial charge on any atom is -0.445 e. The number of hydrogen-bond acceptors (Lipinski definition) is 3. The van der Waals surface area contributed by atoms with Gasteiger partial charge in [-0.05, 0) is 25.3 Å². The van der Waals surface area contributed by atoms with Gasteiger partial charge in [-0.25, -0.2) is 4.79 Å². The SMILES string of the molecule is C=C/C=C(\C)COC(=O)NC1CCCC[C@@H]1C=O. The van der Waals surface area contributed by atoms with E-state index in [1.807, 2.05) is 6.92 Å². The number of amides is 1. The van der Waals surface area contributed by atoms with E-state index in [2.05, 4.69) is 11.9 Å². The second kappa shape index (κ2) is 7.69. The van der Waals surface area contributed by atoms with Gasteiger partial charge in [-0.15, -0.1) is 0 Å². The topological polar surface area (TPSA) is 55.4 Å². The lowest BCUT2D eigenvalue weighted by Gasteiger charge is -2.27. The first-order valence-electron chi connectivity index (χ1n) is 6.34. The van der Waals surface area contributed by atoms with Crippen molar-refractivity contribution in [2.75, 3.05) is 6.61 Å². The monoisotopic (exact) mass is 251 g/mol. The number of alkyl carbamates (subject to hydrolysis) is 1. The van der Waals surface area contributed by atoms with Crippen LogP contribution in [0.4, 0.5) is 4.79 Å². The maximum absolute atomic E-state index is 11.6. The summed E-state index contributed by atoms with van der Waals surface area (Å²) in [5.74, 6) is -0.0730. The molecular weight excluding hydrogens is 230 g/mol. The third kappa shape index (κ3) is 4.73. The smallest absolute Gasteiger partial charge is 0.407 e. The van der Waals surface area contributed by atoms with Gasteiger partial charge in [-0.1, -0.05) is 31.6 Å². The molecule has 0 spiro atoms. The summed E-state index contributed by atoms with van der Waals surface area (Å²) < 4.78 is 5.07. The molecule has 1 aliphatic carbocycles. The summed E-state index contributed by atoms with van der Waals surface area (Å²) >= 11 is 0. The zero-order chi connectivity index (χ0) is 13.4. The zero-order valence-electron chi connectivity index (χ0n) is 10.9. The van der Waals surface area contributed by atoms with Crippen molar-refractivity contribution in [3.63, 3.8) is 0 Å². The molecule has 4 nitrogen and oxygen atoms in total. The van der Waals surface area contributed by atoms with Crippen molar-refractivity contribution >= 4 is 12.4 Å². The Morgan fingerprint density at radius 1 is 1.44 bits per heavy atom. The van der Waals surface area contributed by atoms with Crippen molar-refractivity contribution in [3.05, 3.63) is 24.3 Å². The highest BCUT2D eigenvalue weighted by atomic mass is 16.5. The second-order valence-corrected chi connectivity index (χ2v) is 4.66. The summed E-state index contributed by atoms with van der Waals surface area (Å²) in [7, 11) is 0. The first-order valence-corrected chi connectivity index (χ1v) is 6.34. The van der Waals surface area contributed by atoms with Gasteiger partial charge in [0.1, 0.15) is 12.9 Å². The maximum Gasteiger partial charge on any atom is 0.407 e. The van der Waals surface area contributed by atoms with Crippen molar-refractivity contribution in [2.24, 2.45) is 5.92 Å². The van der Waals surface area contributed by atoms with Gasteiger partial charge in [0.2, 0.25) is 0 Å². The molecule has 100 valence electrons. The Bertz CT molecular complexity index is 336. The van der Waals surface area contributed by atoms with Crippen LogP contribution in [-0.2, 0) is 9.53 Å². The summed E-state index contributed by atoms with van der Waals surface area (Å²) in [6.07, 6.45) is 7.73. The Balaban J connectivity index is 2.36. The van der Waals surface area contributed by atoms with E-state index in [-0.39, 0.29) is 18.6 Å². The number of carbonyl (C=O) groups excluding carboxylic acids is 2. The number of nitrogens with one attached hydrogen (secondary N) is 1. The third-order valence-electron chi connectivity index (χ3n) is 3.13. The Labute approximate surface area is 108 Å². The quantitative estimate of drug-likeness (QED) is 0.603. The third-order valence-corrected chi connectivity index (χ3v) is 3.13. The van der Waals surface area contributed by atoms with Crippen LogP contribution in [0.5, 0.6) is 0 Å². The van der Waals surface area contributed by atoms with Gasteiger partial charge in [-0.2, -0.15) is 0 Å². The molecule has 0 saturated heterocycles. The van der Waals surface area contributed by atoms with E-state index in [0.717, 1.165) is 37.5 Å². The van der Waals surface area contributed by atoms with E-state index >= 15 is 0 Å². The molecule has 1 amide bonds. The first kappa shape index (κ1) is 14.5. The van der Waals surface area contributed by atoms with E-state index in [4.69, 9.17) is 4.74 Å². The van der Waals surface area contributed by atoms with E-state index in [1.165, 1.54) is 0 Å². The molecule has 0 aromatic carbocycles. The van der Waals surface area contributed by atoms with Gasteiger partial charge in [0.15, 0.2) is 0 Å². The molecule has 1 saturated carbocycles. The molecule has 1 rings (SSSR count). The van der Waals surface area contributed by atoms with E-state index < -0.39 is 6.09 Å². The van der Waals surface area contributed by atoms with Gasteiger partial charge < -0.3 is 14.8 Å². The molecule has 0 radical (unpaired) electrons. The highest BCUT2D eigenvalue weighted by molar-refractivity contribution is 5.69. The number of rotatable bonds is 5. The lowest BCUT2D eigenvalue weighted by molar-refractivity contribution is -0.112. The zero-order valence-corrected chi connectivity index (χ0v) is 10.9. The molecule has 0 heterocycles. The fraction of sp³-hybridized carbons (Fsp3) is 0.571. The van der Waals surface area contributed by atoms with Crippen LogP contribution in [0, 0.1) is 5.92 Å². The van der Waals surface area contributed by atoms with E-state index in [0.29, 0.717) is 0 Å². The fourth-order valence-corrected chi connectivity index (χ4v) is 2.12. The van der Waals surface area contributed by atoms with Crippen LogP contribution in [0.2, 0.25) is 0 Å². The summed E-state index contributed by atoms with van der Waals surface area (Å²) in [5.41, 5.74) is 0.927. The molecule has 0 aliphatic heterocycles. The highest BCUT2D eigenvalue weighted by Crippen LogP contribution is 2.22. The molecule has 1 fully saturated rings. The Kier molecular flexibility index (Phi) is 6.19. The molecule has 1 unspecified atom stereocenters. The molecular formula is C14H21NO3. The molecule has 0 aromatic rings. The average molecular weight is 251 g/mol. The standard InChI is InChI=1S/C14H21NO3/c1-3-6-11(2)10-18-14(17)15-13-8-5-4-7-12(13)9-16/h3,6,9,12-13H,1,4-5,7-8,10H2,2H3,(H,15,17)/b11-6+/t12-,13?/m1/s1. The van der Waals surface area contributed by atoms with Crippen LogP contribution < -0.4 is 5.32 Å². The largest absolute Gasteiger partial charge is 0.445 e. The first-order chi connectivity index (χ1) is 8.67. The van der Waals surface area contributed by atoms with Crippen molar-refractivity contribution in [1.29, 1.82) is 0 Å². The maximum atomic E-state index is 11.6. The lowest BCUT2D eigenvalue weighted by atomic mass is 9.86. The molecule has 4 heteroatoms. The predicted octanol–water partition coefficient (Wildman–Crippen LogP) is 2.60. The lowest BCUT2D eigenvalue weighted by Crippen LogP contribution is -2.43. The fourth-order valence-electron chi connectivity index (χ4n) is 2.12. The summed E-state index contributed by atoms with van der Waals surface area (Å²) in [5, 5.41) is 2.77. The minimum atomic E-state index is -0.453. The summed E-state index contributed by atoms with van der Waals surface area (Å²) in [6, 6.07) is -0.0764. The average Bonchev–Trinajstić information content (AvgIpc) is 2.37. The van der Waals surface area contributed by atoms with Gasteiger partial charge in [0.25, 0.3) is 0 Å².